The van der Waals surface area contributed by atoms with E-state index in [1.807, 2.05) is 13.0 Å². The van der Waals surface area contributed by atoms with E-state index in [1.165, 1.54) is 11.3 Å². The van der Waals surface area contributed by atoms with Crippen molar-refractivity contribution in [1.29, 1.82) is 0 Å². The van der Waals surface area contributed by atoms with Crippen molar-refractivity contribution >= 4 is 46.4 Å². The number of aryl methyl sites for hydroxylation is 1. The van der Waals surface area contributed by atoms with Crippen LogP contribution in [-0.4, -0.2) is 38.7 Å². The highest BCUT2D eigenvalue weighted by Gasteiger charge is 2.25. The molecule has 1 saturated heterocycles. The predicted molar refractivity (Wildman–Crippen MR) is 102 cm³/mol. The standard InChI is InChI=1S/C15H17N5OS.2ClH/c1-8-9(7-16-19-8)12-6-10-13(22-12)15(21)18-14(17-10)11-4-3-5-20(11)2;;/h6-7,11H,3-5H2,1-2H3,(H,16,19)(H,17,18,21);2*1H/t11-;;/m0../s1. The Morgan fingerprint density at radius 3 is 2.79 bits per heavy atom. The lowest BCUT2D eigenvalue weighted by Crippen LogP contribution is -2.22. The molecule has 3 aromatic rings. The monoisotopic (exact) mass is 387 g/mol. The van der Waals surface area contributed by atoms with Crippen LogP contribution < -0.4 is 5.56 Å². The maximum Gasteiger partial charge on any atom is 0.268 e. The summed E-state index contributed by atoms with van der Waals surface area (Å²) in [5, 5.41) is 6.98. The molecule has 4 rings (SSSR count). The number of rotatable bonds is 2. The van der Waals surface area contributed by atoms with E-state index in [1.54, 1.807) is 6.20 Å². The number of fused-ring (bicyclic) bond motifs is 1. The van der Waals surface area contributed by atoms with Gasteiger partial charge in [-0.15, -0.1) is 36.2 Å². The Kier molecular flexibility index (Phi) is 5.70. The first-order valence-corrected chi connectivity index (χ1v) is 8.19. The molecule has 3 aromatic heterocycles. The molecule has 0 unspecified atom stereocenters. The Labute approximate surface area is 155 Å². The van der Waals surface area contributed by atoms with E-state index in [0.29, 0.717) is 4.70 Å². The fraction of sp³-hybridized carbons (Fsp3) is 0.400. The van der Waals surface area contributed by atoms with Gasteiger partial charge in [-0.25, -0.2) is 4.98 Å². The Bertz CT molecular complexity index is 903. The second kappa shape index (κ2) is 7.23. The third-order valence-electron chi connectivity index (χ3n) is 4.33. The first-order chi connectivity index (χ1) is 10.6. The number of likely N-dealkylation sites (tertiary alicyclic amines) is 1. The van der Waals surface area contributed by atoms with Crippen LogP contribution >= 0.6 is 36.2 Å². The number of thiophene rings is 1. The van der Waals surface area contributed by atoms with Gasteiger partial charge in [0.15, 0.2) is 0 Å². The van der Waals surface area contributed by atoms with Crippen molar-refractivity contribution in [1.82, 2.24) is 25.1 Å². The third-order valence-corrected chi connectivity index (χ3v) is 5.49. The minimum Gasteiger partial charge on any atom is -0.308 e. The molecule has 1 atom stereocenters. The van der Waals surface area contributed by atoms with Crippen LogP contribution in [0.5, 0.6) is 0 Å². The first kappa shape index (κ1) is 18.9. The van der Waals surface area contributed by atoms with Crippen molar-refractivity contribution in [3.63, 3.8) is 0 Å². The molecular weight excluding hydrogens is 369 g/mol. The Balaban J connectivity index is 0.00000104. The van der Waals surface area contributed by atoms with Crippen molar-refractivity contribution in [2.75, 3.05) is 13.6 Å². The molecule has 0 bridgehead atoms. The lowest BCUT2D eigenvalue weighted by atomic mass is 10.2. The number of H-pyrrole nitrogens is 2. The summed E-state index contributed by atoms with van der Waals surface area (Å²) >= 11 is 1.47. The predicted octanol–water partition coefficient (Wildman–Crippen LogP) is 3.29. The summed E-state index contributed by atoms with van der Waals surface area (Å²) < 4.78 is 0.681. The van der Waals surface area contributed by atoms with Gasteiger partial charge >= 0.3 is 0 Å². The molecule has 1 fully saturated rings. The van der Waals surface area contributed by atoms with Gasteiger partial charge in [0.25, 0.3) is 5.56 Å². The van der Waals surface area contributed by atoms with Crippen molar-refractivity contribution in [3.8, 4) is 10.4 Å². The molecule has 130 valence electrons. The molecule has 24 heavy (non-hydrogen) atoms. The highest BCUT2D eigenvalue weighted by Crippen LogP contribution is 2.33. The molecule has 0 radical (unpaired) electrons. The molecule has 0 amide bonds. The van der Waals surface area contributed by atoms with Gasteiger partial charge in [-0.2, -0.15) is 5.10 Å². The summed E-state index contributed by atoms with van der Waals surface area (Å²) in [5.41, 5.74) is 2.76. The van der Waals surface area contributed by atoms with Crippen molar-refractivity contribution in [2.45, 2.75) is 25.8 Å². The molecule has 1 aliphatic rings. The number of nitrogens with one attached hydrogen (secondary N) is 2. The number of hydrogen-bond donors (Lipinski definition) is 2. The molecule has 1 aliphatic heterocycles. The minimum atomic E-state index is -0.0438. The number of halogens is 2. The van der Waals surface area contributed by atoms with E-state index < -0.39 is 0 Å². The van der Waals surface area contributed by atoms with Gasteiger partial charge in [-0.1, -0.05) is 0 Å². The van der Waals surface area contributed by atoms with E-state index in [-0.39, 0.29) is 36.4 Å². The number of aromatic amines is 2. The molecule has 0 aliphatic carbocycles. The molecule has 0 aromatic carbocycles. The van der Waals surface area contributed by atoms with Crippen molar-refractivity contribution < 1.29 is 0 Å². The third kappa shape index (κ3) is 3.09. The summed E-state index contributed by atoms with van der Waals surface area (Å²) in [6.07, 6.45) is 3.98. The van der Waals surface area contributed by atoms with Crippen LogP contribution in [0, 0.1) is 6.92 Å². The van der Waals surface area contributed by atoms with Gasteiger partial charge in [0.2, 0.25) is 0 Å². The summed E-state index contributed by atoms with van der Waals surface area (Å²) in [6.45, 7) is 3.03. The Hall–Kier alpha value is -1.41. The van der Waals surface area contributed by atoms with Crippen molar-refractivity contribution in [3.05, 3.63) is 34.1 Å². The van der Waals surface area contributed by atoms with Crippen LogP contribution in [0.25, 0.3) is 20.7 Å². The van der Waals surface area contributed by atoms with Gasteiger partial charge < -0.3 is 4.98 Å². The smallest absolute Gasteiger partial charge is 0.268 e. The van der Waals surface area contributed by atoms with E-state index in [2.05, 4.69) is 27.1 Å². The van der Waals surface area contributed by atoms with Gasteiger partial charge in [-0.05, 0) is 39.4 Å². The Morgan fingerprint density at radius 1 is 1.38 bits per heavy atom. The van der Waals surface area contributed by atoms with Crippen LogP contribution in [0.4, 0.5) is 0 Å². The largest absolute Gasteiger partial charge is 0.308 e. The zero-order valence-electron chi connectivity index (χ0n) is 13.3. The SMILES string of the molecule is Cc1[nH]ncc1-c1cc2nc([C@@H]3CCCN3C)[nH]c(=O)c2s1.Cl.Cl. The van der Waals surface area contributed by atoms with Crippen molar-refractivity contribution in [2.24, 2.45) is 0 Å². The second-order valence-electron chi connectivity index (χ2n) is 5.82. The quantitative estimate of drug-likeness (QED) is 0.706. The lowest BCUT2D eigenvalue weighted by Gasteiger charge is -2.17. The molecule has 0 saturated carbocycles. The van der Waals surface area contributed by atoms with E-state index in [0.717, 1.165) is 46.9 Å². The maximum absolute atomic E-state index is 12.4. The second-order valence-corrected chi connectivity index (χ2v) is 6.88. The zero-order chi connectivity index (χ0) is 15.3. The molecule has 9 heteroatoms. The topological polar surface area (TPSA) is 77.7 Å². The minimum absolute atomic E-state index is 0. The average Bonchev–Trinajstić information content (AvgIpc) is 3.17. The zero-order valence-corrected chi connectivity index (χ0v) is 15.8. The van der Waals surface area contributed by atoms with Gasteiger partial charge in [0, 0.05) is 16.1 Å². The fourth-order valence-electron chi connectivity index (χ4n) is 3.10. The van der Waals surface area contributed by atoms with Crippen LogP contribution in [0.1, 0.15) is 30.4 Å². The van der Waals surface area contributed by atoms with E-state index >= 15 is 0 Å². The highest BCUT2D eigenvalue weighted by atomic mass is 35.5. The van der Waals surface area contributed by atoms with Crippen LogP contribution in [0.15, 0.2) is 17.1 Å². The summed E-state index contributed by atoms with van der Waals surface area (Å²) in [4.78, 5) is 23.4. The summed E-state index contributed by atoms with van der Waals surface area (Å²) in [7, 11) is 2.08. The van der Waals surface area contributed by atoms with Crippen LogP contribution in [0.2, 0.25) is 0 Å². The maximum atomic E-state index is 12.4. The van der Waals surface area contributed by atoms with Crippen LogP contribution in [-0.2, 0) is 0 Å². The Morgan fingerprint density at radius 2 is 2.17 bits per heavy atom. The molecule has 2 N–H and O–H groups in total. The highest BCUT2D eigenvalue weighted by molar-refractivity contribution is 7.22. The molecule has 0 spiro atoms. The molecule has 4 heterocycles. The van der Waals surface area contributed by atoms with E-state index in [9.17, 15) is 4.79 Å². The van der Waals surface area contributed by atoms with Crippen LogP contribution in [0.3, 0.4) is 0 Å². The van der Waals surface area contributed by atoms with Gasteiger partial charge in [0.05, 0.1) is 17.8 Å². The summed E-state index contributed by atoms with van der Waals surface area (Å²) in [5.74, 6) is 0.783. The normalized spacial score (nSPS) is 17.7. The molecule has 6 nitrogen and oxygen atoms in total. The number of hydrogen-bond acceptors (Lipinski definition) is 5. The first-order valence-electron chi connectivity index (χ1n) is 7.38. The average molecular weight is 388 g/mol. The van der Waals surface area contributed by atoms with E-state index in [4.69, 9.17) is 4.98 Å². The lowest BCUT2D eigenvalue weighted by molar-refractivity contribution is 0.306. The summed E-state index contributed by atoms with van der Waals surface area (Å²) in [6, 6.07) is 2.21. The van der Waals surface area contributed by atoms with Gasteiger partial charge in [0.1, 0.15) is 10.5 Å². The van der Waals surface area contributed by atoms with Gasteiger partial charge in [-0.3, -0.25) is 14.8 Å². The molecular formula is C15H19Cl2N5OS. The fourth-order valence-corrected chi connectivity index (χ4v) is 4.16. The number of nitrogens with zero attached hydrogens (tertiary/aromatic N) is 3. The number of aromatic nitrogens is 4.